The van der Waals surface area contributed by atoms with Crippen LogP contribution in [0.3, 0.4) is 0 Å². The van der Waals surface area contributed by atoms with Crippen LogP contribution in [0.4, 0.5) is 5.82 Å². The zero-order valence-electron chi connectivity index (χ0n) is 16.9. The quantitative estimate of drug-likeness (QED) is 0.461. The van der Waals surface area contributed by atoms with Crippen LogP contribution in [-0.4, -0.2) is 25.8 Å². The first-order chi connectivity index (χ1) is 14.5. The van der Waals surface area contributed by atoms with Crippen LogP contribution in [0.15, 0.2) is 70.3 Å². The van der Waals surface area contributed by atoms with Crippen molar-refractivity contribution in [2.75, 3.05) is 5.32 Å². The van der Waals surface area contributed by atoms with Crippen LogP contribution < -0.4 is 5.32 Å². The van der Waals surface area contributed by atoms with Crippen LogP contribution in [-0.2, 0) is 11.8 Å². The van der Waals surface area contributed by atoms with Gasteiger partial charge in [0, 0.05) is 18.7 Å². The summed E-state index contributed by atoms with van der Waals surface area (Å²) in [5.41, 5.74) is 2.99. The zero-order chi connectivity index (χ0) is 21.1. The minimum atomic E-state index is -0.532. The minimum Gasteiger partial charge on any atom is -0.360 e. The first kappa shape index (κ1) is 19.9. The van der Waals surface area contributed by atoms with E-state index >= 15 is 0 Å². The van der Waals surface area contributed by atoms with Gasteiger partial charge >= 0.3 is 0 Å². The second kappa shape index (κ2) is 8.54. The number of hydrogen-bond donors (Lipinski definition) is 1. The van der Waals surface area contributed by atoms with E-state index in [2.05, 4.69) is 20.7 Å². The van der Waals surface area contributed by atoms with Gasteiger partial charge in [-0.05, 0) is 25.0 Å². The number of rotatable bonds is 6. The molecule has 2 aromatic heterocycles. The highest BCUT2D eigenvalue weighted by atomic mass is 32.2. The van der Waals surface area contributed by atoms with Crippen molar-refractivity contribution in [3.8, 4) is 11.4 Å². The van der Waals surface area contributed by atoms with Crippen LogP contribution in [0.2, 0.25) is 0 Å². The molecule has 1 amide bonds. The molecule has 0 spiro atoms. The van der Waals surface area contributed by atoms with E-state index in [1.807, 2.05) is 73.1 Å². The number of benzene rings is 2. The van der Waals surface area contributed by atoms with Crippen molar-refractivity contribution >= 4 is 23.5 Å². The summed E-state index contributed by atoms with van der Waals surface area (Å²) < 4.78 is 6.97. The van der Waals surface area contributed by atoms with Crippen molar-refractivity contribution in [1.82, 2.24) is 19.9 Å². The van der Waals surface area contributed by atoms with Crippen LogP contribution in [0.1, 0.15) is 22.1 Å². The van der Waals surface area contributed by atoms with Crippen molar-refractivity contribution in [1.29, 1.82) is 0 Å². The number of nitrogens with zero attached hydrogens (tertiary/aromatic N) is 4. The van der Waals surface area contributed by atoms with Gasteiger partial charge in [0.05, 0.1) is 0 Å². The van der Waals surface area contributed by atoms with Crippen LogP contribution in [0, 0.1) is 13.8 Å². The lowest BCUT2D eigenvalue weighted by molar-refractivity contribution is -0.115. The Morgan fingerprint density at radius 1 is 1.07 bits per heavy atom. The molecule has 4 rings (SSSR count). The van der Waals surface area contributed by atoms with Crippen LogP contribution in [0.5, 0.6) is 0 Å². The van der Waals surface area contributed by atoms with E-state index in [0.717, 1.165) is 22.5 Å². The van der Waals surface area contributed by atoms with Gasteiger partial charge in [-0.25, -0.2) is 0 Å². The third-order valence-electron chi connectivity index (χ3n) is 4.66. The lowest BCUT2D eigenvalue weighted by Crippen LogP contribution is -2.19. The molecule has 0 radical (unpaired) electrons. The van der Waals surface area contributed by atoms with Gasteiger partial charge in [-0.15, -0.1) is 10.2 Å². The monoisotopic (exact) mass is 419 g/mol. The lowest BCUT2D eigenvalue weighted by Gasteiger charge is -2.15. The molecule has 152 valence electrons. The summed E-state index contributed by atoms with van der Waals surface area (Å²) in [6.45, 7) is 3.82. The highest BCUT2D eigenvalue weighted by Gasteiger charge is 2.26. The van der Waals surface area contributed by atoms with Gasteiger partial charge in [0.2, 0.25) is 5.91 Å². The Kier molecular flexibility index (Phi) is 5.67. The fourth-order valence-electron chi connectivity index (χ4n) is 3.10. The van der Waals surface area contributed by atoms with Gasteiger partial charge in [0.1, 0.15) is 11.0 Å². The number of aryl methyl sites for hydroxylation is 2. The van der Waals surface area contributed by atoms with E-state index in [1.54, 1.807) is 13.0 Å². The topological polar surface area (TPSA) is 85.8 Å². The maximum absolute atomic E-state index is 13.1. The second-order valence-corrected chi connectivity index (χ2v) is 7.97. The average Bonchev–Trinajstić information content (AvgIpc) is 3.32. The molecule has 0 aliphatic carbocycles. The molecule has 0 saturated carbocycles. The van der Waals surface area contributed by atoms with Gasteiger partial charge in [-0.3, -0.25) is 4.79 Å². The molecule has 4 aromatic rings. The first-order valence-corrected chi connectivity index (χ1v) is 10.3. The van der Waals surface area contributed by atoms with E-state index in [1.165, 1.54) is 11.8 Å². The number of aromatic nitrogens is 4. The maximum Gasteiger partial charge on any atom is 0.243 e. The number of carbonyl (C=O) groups is 1. The third-order valence-corrected chi connectivity index (χ3v) is 5.95. The van der Waals surface area contributed by atoms with Crippen molar-refractivity contribution in [3.63, 3.8) is 0 Å². The summed E-state index contributed by atoms with van der Waals surface area (Å²) in [4.78, 5) is 13.1. The Morgan fingerprint density at radius 3 is 2.50 bits per heavy atom. The molecular formula is C22H21N5O2S. The highest BCUT2D eigenvalue weighted by Crippen LogP contribution is 2.36. The first-order valence-electron chi connectivity index (χ1n) is 9.44. The maximum atomic E-state index is 13.1. The molecule has 1 unspecified atom stereocenters. The standard InChI is InChI=1S/C22H21N5O2S/c1-14-9-7-8-12-17(14)20-24-25-22(27(20)3)30-19(16-10-5-4-6-11-16)21(28)23-18-13-15(2)29-26-18/h4-13,19H,1-3H3,(H,23,26,28). The van der Waals surface area contributed by atoms with E-state index in [9.17, 15) is 4.79 Å². The molecule has 0 aliphatic heterocycles. The summed E-state index contributed by atoms with van der Waals surface area (Å²) in [5, 5.41) is 15.5. The minimum absolute atomic E-state index is 0.208. The molecule has 1 N–H and O–H groups in total. The van der Waals surface area contributed by atoms with E-state index in [-0.39, 0.29) is 5.91 Å². The summed E-state index contributed by atoms with van der Waals surface area (Å²) in [6.07, 6.45) is 0. The highest BCUT2D eigenvalue weighted by molar-refractivity contribution is 8.00. The Labute approximate surface area is 178 Å². The van der Waals surface area contributed by atoms with E-state index in [0.29, 0.717) is 16.7 Å². The summed E-state index contributed by atoms with van der Waals surface area (Å²) >= 11 is 1.34. The van der Waals surface area contributed by atoms with Crippen LogP contribution >= 0.6 is 11.8 Å². The third kappa shape index (κ3) is 4.13. The summed E-state index contributed by atoms with van der Waals surface area (Å²) in [5.74, 6) is 1.57. The van der Waals surface area contributed by atoms with Crippen molar-refractivity contribution in [3.05, 3.63) is 77.6 Å². The number of hydrogen-bond acceptors (Lipinski definition) is 6. The zero-order valence-corrected chi connectivity index (χ0v) is 17.7. The fraction of sp³-hybridized carbons (Fsp3) is 0.182. The van der Waals surface area contributed by atoms with Gasteiger partial charge in [0.25, 0.3) is 0 Å². The van der Waals surface area contributed by atoms with Gasteiger partial charge in [0.15, 0.2) is 16.8 Å². The molecule has 2 aromatic carbocycles. The molecular weight excluding hydrogens is 398 g/mol. The molecule has 0 aliphatic rings. The average molecular weight is 420 g/mol. The smallest absolute Gasteiger partial charge is 0.243 e. The van der Waals surface area contributed by atoms with Gasteiger partial charge in [-0.2, -0.15) is 0 Å². The molecule has 7 nitrogen and oxygen atoms in total. The number of thioether (sulfide) groups is 1. The SMILES string of the molecule is Cc1cc(NC(=O)C(Sc2nnc(-c3ccccc3C)n2C)c2ccccc2)no1. The molecule has 1 atom stereocenters. The molecule has 0 fully saturated rings. The molecule has 0 saturated heterocycles. The predicted molar refractivity (Wildman–Crippen MR) is 116 cm³/mol. The van der Waals surface area contributed by atoms with Gasteiger partial charge < -0.3 is 14.4 Å². The Balaban J connectivity index is 1.64. The molecule has 2 heterocycles. The molecule has 0 bridgehead atoms. The number of anilines is 1. The van der Waals surface area contributed by atoms with Crippen molar-refractivity contribution in [2.45, 2.75) is 24.3 Å². The number of nitrogens with one attached hydrogen (secondary N) is 1. The van der Waals surface area contributed by atoms with Crippen LogP contribution in [0.25, 0.3) is 11.4 Å². The molecule has 30 heavy (non-hydrogen) atoms. The Hall–Kier alpha value is -3.39. The fourth-order valence-corrected chi connectivity index (χ4v) is 4.10. The largest absolute Gasteiger partial charge is 0.360 e. The molecule has 8 heteroatoms. The summed E-state index contributed by atoms with van der Waals surface area (Å²) in [6, 6.07) is 19.3. The normalized spacial score (nSPS) is 12.0. The van der Waals surface area contributed by atoms with Gasteiger partial charge in [-0.1, -0.05) is 71.5 Å². The van der Waals surface area contributed by atoms with Crippen molar-refractivity contribution < 1.29 is 9.32 Å². The Bertz CT molecular complexity index is 1170. The summed E-state index contributed by atoms with van der Waals surface area (Å²) in [7, 11) is 1.91. The Morgan fingerprint density at radius 2 is 1.80 bits per heavy atom. The van der Waals surface area contributed by atoms with E-state index in [4.69, 9.17) is 4.52 Å². The van der Waals surface area contributed by atoms with Crippen molar-refractivity contribution in [2.24, 2.45) is 7.05 Å². The predicted octanol–water partition coefficient (Wildman–Crippen LogP) is 4.56. The van der Waals surface area contributed by atoms with E-state index < -0.39 is 5.25 Å². The second-order valence-electron chi connectivity index (χ2n) is 6.90. The number of amides is 1. The number of carbonyl (C=O) groups excluding carboxylic acids is 1. The lowest BCUT2D eigenvalue weighted by atomic mass is 10.1.